The molecular weight excluding hydrogens is 317 g/mol. The molecule has 0 aliphatic rings. The summed E-state index contributed by atoms with van der Waals surface area (Å²) in [6.45, 7) is 2.71. The summed E-state index contributed by atoms with van der Waals surface area (Å²) in [6.07, 6.45) is 1.54. The standard InChI is InChI=1S/C20H18FN3O/c1-14-5-4-6-15(11-14)12-22-19-10-9-16(13-23-19)24-20(25)17-7-2-3-8-18(17)21/h2-11,13H,12H2,1H3,(H,22,23)(H,24,25). The average Bonchev–Trinajstić information content (AvgIpc) is 2.61. The molecule has 0 atom stereocenters. The second kappa shape index (κ2) is 7.57. The lowest BCUT2D eigenvalue weighted by atomic mass is 10.1. The maximum Gasteiger partial charge on any atom is 0.258 e. The molecule has 0 fully saturated rings. The number of halogens is 1. The Labute approximate surface area is 145 Å². The summed E-state index contributed by atoms with van der Waals surface area (Å²) in [6, 6.07) is 17.6. The number of pyridine rings is 1. The van der Waals surface area contributed by atoms with E-state index in [0.29, 0.717) is 18.1 Å². The number of rotatable bonds is 5. The average molecular weight is 335 g/mol. The molecule has 25 heavy (non-hydrogen) atoms. The van der Waals surface area contributed by atoms with Crippen LogP contribution in [0.5, 0.6) is 0 Å². The maximum absolute atomic E-state index is 13.6. The molecule has 0 bridgehead atoms. The molecule has 0 radical (unpaired) electrons. The molecule has 0 saturated carbocycles. The summed E-state index contributed by atoms with van der Waals surface area (Å²) in [7, 11) is 0. The van der Waals surface area contributed by atoms with Crippen molar-refractivity contribution in [2.75, 3.05) is 10.6 Å². The summed E-state index contributed by atoms with van der Waals surface area (Å²) in [5, 5.41) is 5.86. The van der Waals surface area contributed by atoms with Gasteiger partial charge in [0.15, 0.2) is 0 Å². The van der Waals surface area contributed by atoms with Crippen LogP contribution in [0, 0.1) is 12.7 Å². The molecule has 0 aliphatic carbocycles. The number of nitrogens with one attached hydrogen (secondary N) is 2. The third-order valence-corrected chi connectivity index (χ3v) is 3.70. The van der Waals surface area contributed by atoms with Crippen molar-refractivity contribution in [3.05, 3.63) is 89.4 Å². The van der Waals surface area contributed by atoms with Crippen LogP contribution in [0.2, 0.25) is 0 Å². The van der Waals surface area contributed by atoms with Gasteiger partial charge in [0.2, 0.25) is 0 Å². The van der Waals surface area contributed by atoms with Crippen LogP contribution in [0.1, 0.15) is 21.5 Å². The molecule has 126 valence electrons. The minimum atomic E-state index is -0.551. The van der Waals surface area contributed by atoms with Crippen molar-refractivity contribution in [2.24, 2.45) is 0 Å². The van der Waals surface area contributed by atoms with Crippen molar-refractivity contribution in [2.45, 2.75) is 13.5 Å². The second-order valence-electron chi connectivity index (χ2n) is 5.71. The van der Waals surface area contributed by atoms with Crippen LogP contribution in [0.3, 0.4) is 0 Å². The Morgan fingerprint density at radius 3 is 2.64 bits per heavy atom. The summed E-state index contributed by atoms with van der Waals surface area (Å²) in [5.74, 6) is -0.352. The normalized spacial score (nSPS) is 10.3. The van der Waals surface area contributed by atoms with Gasteiger partial charge in [-0.2, -0.15) is 0 Å². The predicted molar refractivity (Wildman–Crippen MR) is 97.1 cm³/mol. The van der Waals surface area contributed by atoms with E-state index in [-0.39, 0.29) is 5.56 Å². The molecule has 3 aromatic rings. The first-order valence-electron chi connectivity index (χ1n) is 7.93. The van der Waals surface area contributed by atoms with Crippen LogP contribution in [-0.4, -0.2) is 10.9 Å². The Kier molecular flexibility index (Phi) is 5.04. The molecule has 0 saturated heterocycles. The van der Waals surface area contributed by atoms with E-state index in [0.717, 1.165) is 0 Å². The van der Waals surface area contributed by atoms with Crippen molar-refractivity contribution in [1.82, 2.24) is 4.98 Å². The monoisotopic (exact) mass is 335 g/mol. The molecule has 5 heteroatoms. The van der Waals surface area contributed by atoms with E-state index in [1.54, 1.807) is 24.3 Å². The summed E-state index contributed by atoms with van der Waals surface area (Å²) >= 11 is 0. The van der Waals surface area contributed by atoms with Crippen LogP contribution in [0.4, 0.5) is 15.9 Å². The number of benzene rings is 2. The number of amides is 1. The Balaban J connectivity index is 1.60. The molecule has 0 spiro atoms. The Morgan fingerprint density at radius 1 is 1.08 bits per heavy atom. The van der Waals surface area contributed by atoms with Crippen molar-refractivity contribution in [3.8, 4) is 0 Å². The number of carbonyl (C=O) groups is 1. The first-order chi connectivity index (χ1) is 12.1. The third-order valence-electron chi connectivity index (χ3n) is 3.70. The lowest BCUT2D eigenvalue weighted by molar-refractivity contribution is 0.102. The molecule has 1 aromatic heterocycles. The van der Waals surface area contributed by atoms with E-state index in [9.17, 15) is 9.18 Å². The van der Waals surface area contributed by atoms with Crippen LogP contribution in [0.15, 0.2) is 66.9 Å². The molecule has 4 nitrogen and oxygen atoms in total. The van der Waals surface area contributed by atoms with E-state index < -0.39 is 11.7 Å². The van der Waals surface area contributed by atoms with E-state index in [1.807, 2.05) is 12.1 Å². The topological polar surface area (TPSA) is 54.0 Å². The van der Waals surface area contributed by atoms with Gasteiger partial charge in [-0.3, -0.25) is 4.79 Å². The number of anilines is 2. The zero-order valence-corrected chi connectivity index (χ0v) is 13.8. The Hall–Kier alpha value is -3.21. The van der Waals surface area contributed by atoms with Gasteiger partial charge in [-0.15, -0.1) is 0 Å². The smallest absolute Gasteiger partial charge is 0.258 e. The SMILES string of the molecule is Cc1cccc(CNc2ccc(NC(=O)c3ccccc3F)cn2)c1. The molecule has 2 N–H and O–H groups in total. The van der Waals surface area contributed by atoms with Crippen LogP contribution < -0.4 is 10.6 Å². The quantitative estimate of drug-likeness (QED) is 0.727. The fraction of sp³-hybridized carbons (Fsp3) is 0.100. The van der Waals surface area contributed by atoms with Gasteiger partial charge in [0, 0.05) is 6.54 Å². The molecular formula is C20H18FN3O. The van der Waals surface area contributed by atoms with Gasteiger partial charge in [-0.1, -0.05) is 42.0 Å². The number of nitrogens with zero attached hydrogens (tertiary/aromatic N) is 1. The number of carbonyl (C=O) groups excluding carboxylic acids is 1. The molecule has 2 aromatic carbocycles. The fourth-order valence-corrected chi connectivity index (χ4v) is 2.43. The molecule has 0 aliphatic heterocycles. The second-order valence-corrected chi connectivity index (χ2v) is 5.71. The van der Waals surface area contributed by atoms with E-state index >= 15 is 0 Å². The molecule has 3 rings (SSSR count). The third kappa shape index (κ3) is 4.41. The summed E-state index contributed by atoms with van der Waals surface area (Å²) < 4.78 is 13.6. The van der Waals surface area contributed by atoms with Crippen LogP contribution in [-0.2, 0) is 6.54 Å². The highest BCUT2D eigenvalue weighted by Crippen LogP contribution is 2.14. The zero-order chi connectivity index (χ0) is 17.6. The minimum absolute atomic E-state index is 0.00384. The van der Waals surface area contributed by atoms with E-state index in [1.165, 1.54) is 29.5 Å². The molecule has 1 amide bonds. The van der Waals surface area contributed by atoms with Gasteiger partial charge in [0.25, 0.3) is 5.91 Å². The van der Waals surface area contributed by atoms with Crippen LogP contribution >= 0.6 is 0 Å². The van der Waals surface area contributed by atoms with Crippen molar-refractivity contribution in [3.63, 3.8) is 0 Å². The first-order valence-corrected chi connectivity index (χ1v) is 7.93. The van der Waals surface area contributed by atoms with Gasteiger partial charge in [-0.25, -0.2) is 9.37 Å². The van der Waals surface area contributed by atoms with Gasteiger partial charge in [0.1, 0.15) is 11.6 Å². The molecule has 0 unspecified atom stereocenters. The van der Waals surface area contributed by atoms with Gasteiger partial charge in [-0.05, 0) is 36.8 Å². The lowest BCUT2D eigenvalue weighted by Crippen LogP contribution is -2.13. The number of aromatic nitrogens is 1. The highest BCUT2D eigenvalue weighted by molar-refractivity contribution is 6.04. The number of hydrogen-bond donors (Lipinski definition) is 2. The van der Waals surface area contributed by atoms with Crippen molar-refractivity contribution >= 4 is 17.4 Å². The highest BCUT2D eigenvalue weighted by atomic mass is 19.1. The van der Waals surface area contributed by atoms with Crippen LogP contribution in [0.25, 0.3) is 0 Å². The largest absolute Gasteiger partial charge is 0.366 e. The fourth-order valence-electron chi connectivity index (χ4n) is 2.43. The molecule has 1 heterocycles. The summed E-state index contributed by atoms with van der Waals surface area (Å²) in [5.41, 5.74) is 2.88. The predicted octanol–water partition coefficient (Wildman–Crippen LogP) is 4.39. The van der Waals surface area contributed by atoms with Gasteiger partial charge in [0.05, 0.1) is 17.4 Å². The van der Waals surface area contributed by atoms with Gasteiger partial charge >= 0.3 is 0 Å². The minimum Gasteiger partial charge on any atom is -0.366 e. The Bertz CT molecular complexity index is 878. The zero-order valence-electron chi connectivity index (χ0n) is 13.8. The van der Waals surface area contributed by atoms with Gasteiger partial charge < -0.3 is 10.6 Å². The lowest BCUT2D eigenvalue weighted by Gasteiger charge is -2.09. The summed E-state index contributed by atoms with van der Waals surface area (Å²) in [4.78, 5) is 16.3. The van der Waals surface area contributed by atoms with E-state index in [4.69, 9.17) is 0 Å². The van der Waals surface area contributed by atoms with Crippen molar-refractivity contribution < 1.29 is 9.18 Å². The first kappa shape index (κ1) is 16.6. The number of hydrogen-bond acceptors (Lipinski definition) is 3. The highest BCUT2D eigenvalue weighted by Gasteiger charge is 2.11. The Morgan fingerprint density at radius 2 is 1.92 bits per heavy atom. The maximum atomic E-state index is 13.6. The van der Waals surface area contributed by atoms with Crippen molar-refractivity contribution in [1.29, 1.82) is 0 Å². The van der Waals surface area contributed by atoms with E-state index in [2.05, 4.69) is 34.7 Å². The number of aryl methyl sites for hydroxylation is 1.